The van der Waals surface area contributed by atoms with Crippen LogP contribution in [-0.2, 0) is 13.0 Å². The number of furan rings is 1. The van der Waals surface area contributed by atoms with E-state index in [-0.39, 0.29) is 5.69 Å². The monoisotopic (exact) mass is 289 g/mol. The topological polar surface area (TPSA) is 63.0 Å². The largest absolute Gasteiger partial charge is 0.467 e. The van der Waals surface area contributed by atoms with Gasteiger partial charge in [0.2, 0.25) is 0 Å². The lowest BCUT2D eigenvalue weighted by Gasteiger charge is -2.23. The van der Waals surface area contributed by atoms with E-state index < -0.39 is 0 Å². The first-order chi connectivity index (χ1) is 10.3. The van der Waals surface area contributed by atoms with Gasteiger partial charge in [-0.05, 0) is 31.4 Å². The Balaban J connectivity index is 1.82. The Kier molecular flexibility index (Phi) is 4.18. The number of hydrogen-bond acceptors (Lipinski definition) is 3. The van der Waals surface area contributed by atoms with E-state index in [1.165, 1.54) is 32.1 Å². The van der Waals surface area contributed by atoms with Crippen molar-refractivity contribution in [3.05, 3.63) is 40.3 Å². The molecule has 0 unspecified atom stereocenters. The van der Waals surface area contributed by atoms with Crippen LogP contribution in [-0.4, -0.2) is 15.6 Å². The molecule has 21 heavy (non-hydrogen) atoms. The SMILES string of the molecule is CCc1c(NC2CCCCC2)[nH]c(=O)n1Cc1ccco1. The second-order valence-corrected chi connectivity index (χ2v) is 5.75. The average molecular weight is 289 g/mol. The van der Waals surface area contributed by atoms with Gasteiger partial charge >= 0.3 is 5.69 Å². The van der Waals surface area contributed by atoms with Gasteiger partial charge in [-0.2, -0.15) is 0 Å². The van der Waals surface area contributed by atoms with E-state index in [1.807, 2.05) is 12.1 Å². The van der Waals surface area contributed by atoms with E-state index in [2.05, 4.69) is 17.2 Å². The number of nitrogens with zero attached hydrogens (tertiary/aromatic N) is 1. The summed E-state index contributed by atoms with van der Waals surface area (Å²) in [5.41, 5.74) is 0.962. The molecular weight excluding hydrogens is 266 g/mol. The van der Waals surface area contributed by atoms with Gasteiger partial charge in [-0.25, -0.2) is 4.79 Å². The number of anilines is 1. The predicted octanol–water partition coefficient (Wildman–Crippen LogP) is 3.12. The number of H-pyrrole nitrogens is 1. The van der Waals surface area contributed by atoms with E-state index in [4.69, 9.17) is 4.42 Å². The molecule has 0 spiro atoms. The highest BCUT2D eigenvalue weighted by Gasteiger charge is 2.18. The zero-order valence-corrected chi connectivity index (χ0v) is 12.5. The van der Waals surface area contributed by atoms with E-state index >= 15 is 0 Å². The summed E-state index contributed by atoms with van der Waals surface area (Å²) in [5.74, 6) is 1.69. The van der Waals surface area contributed by atoms with Crippen LogP contribution in [0.2, 0.25) is 0 Å². The highest BCUT2D eigenvalue weighted by atomic mass is 16.3. The van der Waals surface area contributed by atoms with Crippen molar-refractivity contribution in [3.8, 4) is 0 Å². The number of imidazole rings is 1. The lowest BCUT2D eigenvalue weighted by atomic mass is 9.95. The summed E-state index contributed by atoms with van der Waals surface area (Å²) >= 11 is 0. The molecule has 5 nitrogen and oxygen atoms in total. The maximum absolute atomic E-state index is 12.2. The standard InChI is InChI=1S/C16H23N3O2/c1-2-14-15(17-12-7-4-3-5-8-12)18-16(20)19(14)11-13-9-6-10-21-13/h6,9-10,12,17H,2-5,7-8,11H2,1H3,(H,18,20). The Labute approximate surface area is 124 Å². The lowest BCUT2D eigenvalue weighted by molar-refractivity contribution is 0.461. The van der Waals surface area contributed by atoms with Crippen molar-refractivity contribution in [2.45, 2.75) is 58.0 Å². The van der Waals surface area contributed by atoms with Crippen LogP contribution in [0.25, 0.3) is 0 Å². The molecular formula is C16H23N3O2. The number of aromatic nitrogens is 2. The molecule has 1 fully saturated rings. The third kappa shape index (κ3) is 3.06. The number of nitrogens with one attached hydrogen (secondary N) is 2. The second kappa shape index (κ2) is 6.24. The van der Waals surface area contributed by atoms with Crippen LogP contribution in [0.4, 0.5) is 5.82 Å². The third-order valence-corrected chi connectivity index (χ3v) is 4.27. The van der Waals surface area contributed by atoms with Crippen molar-refractivity contribution in [1.82, 2.24) is 9.55 Å². The van der Waals surface area contributed by atoms with E-state index in [1.54, 1.807) is 10.8 Å². The summed E-state index contributed by atoms with van der Waals surface area (Å²) in [6, 6.07) is 4.23. The van der Waals surface area contributed by atoms with Crippen molar-refractivity contribution in [2.75, 3.05) is 5.32 Å². The summed E-state index contributed by atoms with van der Waals surface area (Å²) in [6.45, 7) is 2.56. The van der Waals surface area contributed by atoms with Crippen LogP contribution >= 0.6 is 0 Å². The van der Waals surface area contributed by atoms with Gasteiger partial charge in [-0.1, -0.05) is 26.2 Å². The van der Waals surface area contributed by atoms with Gasteiger partial charge in [-0.15, -0.1) is 0 Å². The third-order valence-electron chi connectivity index (χ3n) is 4.27. The molecule has 2 heterocycles. The summed E-state index contributed by atoms with van der Waals surface area (Å²) in [5, 5.41) is 3.53. The molecule has 0 aromatic carbocycles. The minimum absolute atomic E-state index is 0.0680. The fourth-order valence-corrected chi connectivity index (χ4v) is 3.17. The fourth-order valence-electron chi connectivity index (χ4n) is 3.17. The maximum Gasteiger partial charge on any atom is 0.327 e. The smallest absolute Gasteiger partial charge is 0.327 e. The summed E-state index contributed by atoms with van der Waals surface area (Å²) in [6.07, 6.45) is 8.71. The van der Waals surface area contributed by atoms with Gasteiger partial charge in [0.15, 0.2) is 0 Å². The molecule has 0 aliphatic heterocycles. The van der Waals surface area contributed by atoms with Crippen LogP contribution in [0.1, 0.15) is 50.5 Å². The molecule has 1 aliphatic carbocycles. The first kappa shape index (κ1) is 14.0. The first-order valence-electron chi connectivity index (χ1n) is 7.88. The zero-order valence-electron chi connectivity index (χ0n) is 12.5. The first-order valence-corrected chi connectivity index (χ1v) is 7.88. The molecule has 5 heteroatoms. The number of hydrogen-bond donors (Lipinski definition) is 2. The summed E-state index contributed by atoms with van der Waals surface area (Å²) < 4.78 is 7.12. The molecule has 0 amide bonds. The highest BCUT2D eigenvalue weighted by Crippen LogP contribution is 2.22. The summed E-state index contributed by atoms with van der Waals surface area (Å²) in [7, 11) is 0. The molecule has 0 atom stereocenters. The predicted molar refractivity (Wildman–Crippen MR) is 82.7 cm³/mol. The molecule has 2 N–H and O–H groups in total. The van der Waals surface area contributed by atoms with Crippen LogP contribution in [0.5, 0.6) is 0 Å². The quantitative estimate of drug-likeness (QED) is 0.889. The molecule has 0 radical (unpaired) electrons. The Morgan fingerprint density at radius 2 is 2.19 bits per heavy atom. The maximum atomic E-state index is 12.2. The molecule has 0 bridgehead atoms. The van der Waals surface area contributed by atoms with Crippen LogP contribution in [0.3, 0.4) is 0 Å². The van der Waals surface area contributed by atoms with Crippen molar-refractivity contribution in [1.29, 1.82) is 0 Å². The number of aromatic amines is 1. The lowest BCUT2D eigenvalue weighted by Crippen LogP contribution is -2.23. The Morgan fingerprint density at radius 1 is 1.38 bits per heavy atom. The van der Waals surface area contributed by atoms with Crippen LogP contribution in [0.15, 0.2) is 27.6 Å². The molecule has 0 saturated heterocycles. The van der Waals surface area contributed by atoms with Gasteiger partial charge in [0, 0.05) is 6.04 Å². The fraction of sp³-hybridized carbons (Fsp3) is 0.562. The summed E-state index contributed by atoms with van der Waals surface area (Å²) in [4.78, 5) is 15.2. The molecule has 2 aromatic rings. The van der Waals surface area contributed by atoms with Crippen LogP contribution in [0, 0.1) is 0 Å². The molecule has 1 aliphatic rings. The van der Waals surface area contributed by atoms with Gasteiger partial charge < -0.3 is 9.73 Å². The van der Waals surface area contributed by atoms with Crippen molar-refractivity contribution < 1.29 is 4.42 Å². The van der Waals surface area contributed by atoms with Gasteiger partial charge in [0.25, 0.3) is 0 Å². The minimum atomic E-state index is -0.0680. The van der Waals surface area contributed by atoms with Gasteiger partial charge in [0.1, 0.15) is 11.6 Å². The van der Waals surface area contributed by atoms with Crippen molar-refractivity contribution in [3.63, 3.8) is 0 Å². The van der Waals surface area contributed by atoms with Crippen molar-refractivity contribution >= 4 is 5.82 Å². The molecule has 3 rings (SSSR count). The Morgan fingerprint density at radius 3 is 2.86 bits per heavy atom. The molecule has 1 saturated carbocycles. The highest BCUT2D eigenvalue weighted by molar-refractivity contribution is 5.42. The van der Waals surface area contributed by atoms with Crippen LogP contribution < -0.4 is 11.0 Å². The van der Waals surface area contributed by atoms with Gasteiger partial charge in [0.05, 0.1) is 18.5 Å². The zero-order chi connectivity index (χ0) is 14.7. The number of rotatable bonds is 5. The van der Waals surface area contributed by atoms with Gasteiger partial charge in [-0.3, -0.25) is 9.55 Å². The normalized spacial score (nSPS) is 16.2. The van der Waals surface area contributed by atoms with E-state index in [0.717, 1.165) is 23.7 Å². The Hall–Kier alpha value is -1.91. The minimum Gasteiger partial charge on any atom is -0.467 e. The average Bonchev–Trinajstić information content (AvgIpc) is 3.10. The van der Waals surface area contributed by atoms with E-state index in [9.17, 15) is 4.79 Å². The second-order valence-electron chi connectivity index (χ2n) is 5.75. The molecule has 2 aromatic heterocycles. The van der Waals surface area contributed by atoms with Crippen molar-refractivity contribution in [2.24, 2.45) is 0 Å². The van der Waals surface area contributed by atoms with E-state index in [0.29, 0.717) is 12.6 Å². The molecule has 114 valence electrons. The Bertz CT molecular complexity index is 618.